The normalized spacial score (nSPS) is 11.8. The highest BCUT2D eigenvalue weighted by Gasteiger charge is 2.12. The van der Waals surface area contributed by atoms with E-state index in [-0.39, 0.29) is 5.54 Å². The molecule has 1 aromatic heterocycles. The van der Waals surface area contributed by atoms with Crippen LogP contribution in [0.25, 0.3) is 11.3 Å². The first kappa shape index (κ1) is 13.1. The van der Waals surface area contributed by atoms with Crippen molar-refractivity contribution in [1.82, 2.24) is 15.5 Å². The van der Waals surface area contributed by atoms with Gasteiger partial charge in [0.2, 0.25) is 0 Å². The van der Waals surface area contributed by atoms with Crippen LogP contribution >= 0.6 is 11.6 Å². The molecule has 0 fully saturated rings. The summed E-state index contributed by atoms with van der Waals surface area (Å²) in [7, 11) is 0. The SMILES string of the molecule is CC(C)(C)NCc1cn[nH]c1-c1cccc(Cl)c1. The summed E-state index contributed by atoms with van der Waals surface area (Å²) in [6.07, 6.45) is 1.86. The number of hydrogen-bond acceptors (Lipinski definition) is 2. The quantitative estimate of drug-likeness (QED) is 0.888. The molecule has 0 aliphatic carbocycles. The number of benzene rings is 1. The van der Waals surface area contributed by atoms with E-state index in [2.05, 4.69) is 36.3 Å². The molecule has 0 aliphatic rings. The van der Waals surface area contributed by atoms with Gasteiger partial charge in [0.05, 0.1) is 11.9 Å². The van der Waals surface area contributed by atoms with Gasteiger partial charge in [-0.2, -0.15) is 5.10 Å². The van der Waals surface area contributed by atoms with Crippen LogP contribution in [-0.2, 0) is 6.54 Å². The predicted octanol–water partition coefficient (Wildman–Crippen LogP) is 3.62. The minimum absolute atomic E-state index is 0.0862. The highest BCUT2D eigenvalue weighted by Crippen LogP contribution is 2.24. The second-order valence-electron chi connectivity index (χ2n) is 5.38. The molecule has 0 unspecified atom stereocenters. The minimum atomic E-state index is 0.0862. The van der Waals surface area contributed by atoms with Crippen molar-refractivity contribution in [1.29, 1.82) is 0 Å². The first-order valence-corrected chi connectivity index (χ1v) is 6.37. The van der Waals surface area contributed by atoms with E-state index in [4.69, 9.17) is 11.6 Å². The van der Waals surface area contributed by atoms with Crippen molar-refractivity contribution in [3.8, 4) is 11.3 Å². The van der Waals surface area contributed by atoms with Crippen molar-refractivity contribution in [2.75, 3.05) is 0 Å². The molecular formula is C14H18ClN3. The lowest BCUT2D eigenvalue weighted by Crippen LogP contribution is -2.35. The minimum Gasteiger partial charge on any atom is -0.308 e. The van der Waals surface area contributed by atoms with Crippen LogP contribution in [0.4, 0.5) is 0 Å². The Labute approximate surface area is 113 Å². The van der Waals surface area contributed by atoms with Crippen LogP contribution in [0, 0.1) is 0 Å². The summed E-state index contributed by atoms with van der Waals surface area (Å²) in [6.45, 7) is 7.21. The molecule has 18 heavy (non-hydrogen) atoms. The van der Waals surface area contributed by atoms with E-state index >= 15 is 0 Å². The van der Waals surface area contributed by atoms with Crippen LogP contribution in [-0.4, -0.2) is 15.7 Å². The highest BCUT2D eigenvalue weighted by atomic mass is 35.5. The van der Waals surface area contributed by atoms with Crippen molar-refractivity contribution in [2.45, 2.75) is 32.9 Å². The third kappa shape index (κ3) is 3.34. The van der Waals surface area contributed by atoms with Crippen molar-refractivity contribution in [3.05, 3.63) is 41.0 Å². The molecule has 0 amide bonds. The van der Waals surface area contributed by atoms with Gasteiger partial charge >= 0.3 is 0 Å². The Bertz CT molecular complexity index is 526. The van der Waals surface area contributed by atoms with Gasteiger partial charge in [-0.05, 0) is 32.9 Å². The van der Waals surface area contributed by atoms with Gasteiger partial charge in [-0.3, -0.25) is 5.10 Å². The topological polar surface area (TPSA) is 40.7 Å². The molecule has 0 saturated heterocycles. The predicted molar refractivity (Wildman–Crippen MR) is 75.6 cm³/mol. The molecule has 2 N–H and O–H groups in total. The summed E-state index contributed by atoms with van der Waals surface area (Å²) in [4.78, 5) is 0. The number of aromatic nitrogens is 2. The van der Waals surface area contributed by atoms with E-state index < -0.39 is 0 Å². The molecular weight excluding hydrogens is 246 g/mol. The molecule has 1 aromatic carbocycles. The Morgan fingerprint density at radius 1 is 1.33 bits per heavy atom. The molecule has 0 spiro atoms. The lowest BCUT2D eigenvalue weighted by molar-refractivity contribution is 0.424. The highest BCUT2D eigenvalue weighted by molar-refractivity contribution is 6.30. The van der Waals surface area contributed by atoms with Gasteiger partial charge in [0, 0.05) is 28.2 Å². The maximum Gasteiger partial charge on any atom is 0.0695 e. The van der Waals surface area contributed by atoms with Gasteiger partial charge in [0.25, 0.3) is 0 Å². The van der Waals surface area contributed by atoms with Gasteiger partial charge in [-0.1, -0.05) is 23.7 Å². The lowest BCUT2D eigenvalue weighted by atomic mass is 10.1. The second-order valence-corrected chi connectivity index (χ2v) is 5.82. The summed E-state index contributed by atoms with van der Waals surface area (Å²) in [5, 5.41) is 11.3. The van der Waals surface area contributed by atoms with Crippen LogP contribution in [0.5, 0.6) is 0 Å². The number of nitrogens with zero attached hydrogens (tertiary/aromatic N) is 1. The zero-order valence-electron chi connectivity index (χ0n) is 10.9. The van der Waals surface area contributed by atoms with Crippen molar-refractivity contribution >= 4 is 11.6 Å². The van der Waals surface area contributed by atoms with Crippen LogP contribution in [0.2, 0.25) is 5.02 Å². The molecule has 0 bridgehead atoms. The average molecular weight is 264 g/mol. The van der Waals surface area contributed by atoms with E-state index in [0.717, 1.165) is 28.4 Å². The first-order chi connectivity index (χ1) is 8.46. The summed E-state index contributed by atoms with van der Waals surface area (Å²) in [5.41, 5.74) is 3.32. The van der Waals surface area contributed by atoms with Crippen molar-refractivity contribution in [3.63, 3.8) is 0 Å². The van der Waals surface area contributed by atoms with Crippen molar-refractivity contribution < 1.29 is 0 Å². The number of hydrogen-bond donors (Lipinski definition) is 2. The molecule has 0 saturated carbocycles. The molecule has 0 aliphatic heterocycles. The fraction of sp³-hybridized carbons (Fsp3) is 0.357. The maximum absolute atomic E-state index is 6.01. The fourth-order valence-electron chi connectivity index (χ4n) is 1.70. The molecule has 2 rings (SSSR count). The molecule has 96 valence electrons. The Hall–Kier alpha value is -1.32. The third-order valence-corrected chi connectivity index (χ3v) is 2.88. The van der Waals surface area contributed by atoms with Crippen LogP contribution < -0.4 is 5.32 Å². The summed E-state index contributed by atoms with van der Waals surface area (Å²) < 4.78 is 0. The van der Waals surface area contributed by atoms with Gasteiger partial charge in [0.15, 0.2) is 0 Å². The largest absolute Gasteiger partial charge is 0.308 e. The Morgan fingerprint density at radius 3 is 2.78 bits per heavy atom. The summed E-state index contributed by atoms with van der Waals surface area (Å²) >= 11 is 6.01. The first-order valence-electron chi connectivity index (χ1n) is 5.99. The number of aromatic amines is 1. The van der Waals surface area contributed by atoms with E-state index in [0.29, 0.717) is 0 Å². The van der Waals surface area contributed by atoms with Gasteiger partial charge in [-0.25, -0.2) is 0 Å². The average Bonchev–Trinajstić information content (AvgIpc) is 2.73. The third-order valence-electron chi connectivity index (χ3n) is 2.64. The van der Waals surface area contributed by atoms with E-state index in [1.807, 2.05) is 30.5 Å². The van der Waals surface area contributed by atoms with Crippen LogP contribution in [0.15, 0.2) is 30.5 Å². The zero-order chi connectivity index (χ0) is 13.2. The molecule has 2 aromatic rings. The van der Waals surface area contributed by atoms with E-state index in [1.165, 1.54) is 0 Å². The lowest BCUT2D eigenvalue weighted by Gasteiger charge is -2.20. The number of nitrogens with one attached hydrogen (secondary N) is 2. The Balaban J connectivity index is 2.23. The standard InChI is InChI=1S/C14H18ClN3/c1-14(2,3)16-8-11-9-17-18-13(11)10-5-4-6-12(15)7-10/h4-7,9,16H,8H2,1-3H3,(H,17,18). The Morgan fingerprint density at radius 2 is 2.11 bits per heavy atom. The van der Waals surface area contributed by atoms with Gasteiger partial charge in [-0.15, -0.1) is 0 Å². The Kier molecular flexibility index (Phi) is 3.73. The summed E-state index contributed by atoms with van der Waals surface area (Å²) in [6, 6.07) is 7.78. The van der Waals surface area contributed by atoms with Crippen molar-refractivity contribution in [2.24, 2.45) is 0 Å². The van der Waals surface area contributed by atoms with Crippen LogP contribution in [0.1, 0.15) is 26.3 Å². The van der Waals surface area contributed by atoms with E-state index in [1.54, 1.807) is 0 Å². The molecule has 0 atom stereocenters. The number of halogens is 1. The van der Waals surface area contributed by atoms with E-state index in [9.17, 15) is 0 Å². The molecule has 3 nitrogen and oxygen atoms in total. The number of H-pyrrole nitrogens is 1. The molecule has 0 radical (unpaired) electrons. The number of rotatable bonds is 3. The second kappa shape index (κ2) is 5.12. The van der Waals surface area contributed by atoms with Crippen LogP contribution in [0.3, 0.4) is 0 Å². The monoisotopic (exact) mass is 263 g/mol. The smallest absolute Gasteiger partial charge is 0.0695 e. The molecule has 4 heteroatoms. The molecule has 1 heterocycles. The maximum atomic E-state index is 6.01. The fourth-order valence-corrected chi connectivity index (χ4v) is 1.89. The zero-order valence-corrected chi connectivity index (χ0v) is 11.7. The van der Waals surface area contributed by atoms with Gasteiger partial charge < -0.3 is 5.32 Å². The van der Waals surface area contributed by atoms with Gasteiger partial charge in [0.1, 0.15) is 0 Å². The summed E-state index contributed by atoms with van der Waals surface area (Å²) in [5.74, 6) is 0.